The van der Waals surface area contributed by atoms with Crippen LogP contribution in [0.4, 0.5) is 4.79 Å². The smallest absolute Gasteiger partial charge is 0.323 e. The largest absolute Gasteiger partial charge is 0.326 e. The van der Waals surface area contributed by atoms with Crippen molar-refractivity contribution in [1.29, 1.82) is 0 Å². The van der Waals surface area contributed by atoms with Gasteiger partial charge in [-0.2, -0.15) is 4.31 Å². The number of hydrogen-bond donors (Lipinski definition) is 1. The lowest BCUT2D eigenvalue weighted by Crippen LogP contribution is -2.53. The van der Waals surface area contributed by atoms with E-state index in [1.54, 1.807) is 0 Å². The number of carbonyl (C=O) groups excluding carboxylic acids is 2. The van der Waals surface area contributed by atoms with E-state index in [4.69, 9.17) is 23.2 Å². The minimum Gasteiger partial charge on any atom is -0.323 e. The van der Waals surface area contributed by atoms with Crippen LogP contribution in [0.1, 0.15) is 32.6 Å². The number of imide groups is 1. The van der Waals surface area contributed by atoms with Gasteiger partial charge in [-0.05, 0) is 43.7 Å². The van der Waals surface area contributed by atoms with Gasteiger partial charge in [0.05, 0.1) is 16.7 Å². The molecule has 3 amide bonds. The molecule has 176 valence electrons. The van der Waals surface area contributed by atoms with E-state index in [9.17, 15) is 18.0 Å². The Morgan fingerprint density at radius 3 is 2.22 bits per heavy atom. The monoisotopic (exact) mass is 566 g/mol. The molecule has 0 aromatic heterocycles. The first-order valence-corrected chi connectivity index (χ1v) is 13.5. The summed E-state index contributed by atoms with van der Waals surface area (Å²) in [5.41, 5.74) is -0.774. The molecule has 4 rings (SSSR count). The van der Waals surface area contributed by atoms with Gasteiger partial charge in [0.15, 0.2) is 0 Å². The van der Waals surface area contributed by atoms with Gasteiger partial charge in [0.2, 0.25) is 10.0 Å². The maximum atomic E-state index is 13.1. The van der Waals surface area contributed by atoms with E-state index in [0.29, 0.717) is 36.3 Å². The Morgan fingerprint density at radius 2 is 1.66 bits per heavy atom. The zero-order valence-corrected chi connectivity index (χ0v) is 21.5. The standard InChI is InChI=1S/C20H25BrCl2N4O4S/c1-13-2-4-20(5-3-13)18(28)27(19(29)24-20)12-25-6-8-26(9-7-25)32(30,31)17-15(22)10-14(21)11-16(17)23/h10-11,13H,2-9,12H2,1H3,(H,24,29). The lowest BCUT2D eigenvalue weighted by molar-refractivity contribution is -0.134. The van der Waals surface area contributed by atoms with Crippen molar-refractivity contribution >= 4 is 61.1 Å². The van der Waals surface area contributed by atoms with Crippen molar-refractivity contribution in [2.45, 2.75) is 43.0 Å². The van der Waals surface area contributed by atoms with Crippen molar-refractivity contribution < 1.29 is 18.0 Å². The normalized spacial score (nSPS) is 27.9. The van der Waals surface area contributed by atoms with Crippen molar-refractivity contribution in [3.63, 3.8) is 0 Å². The number of nitrogens with one attached hydrogen (secondary N) is 1. The van der Waals surface area contributed by atoms with Crippen LogP contribution in [-0.4, -0.2) is 72.8 Å². The third kappa shape index (κ3) is 4.42. The average molecular weight is 568 g/mol. The zero-order chi connectivity index (χ0) is 23.3. The van der Waals surface area contributed by atoms with Crippen molar-refractivity contribution in [3.8, 4) is 0 Å². The number of nitrogens with zero attached hydrogens (tertiary/aromatic N) is 3. The first-order valence-electron chi connectivity index (χ1n) is 10.5. The van der Waals surface area contributed by atoms with Gasteiger partial charge in [-0.15, -0.1) is 0 Å². The number of hydrogen-bond acceptors (Lipinski definition) is 5. The highest BCUT2D eigenvalue weighted by Gasteiger charge is 2.52. The summed E-state index contributed by atoms with van der Waals surface area (Å²) in [6.45, 7) is 3.48. The van der Waals surface area contributed by atoms with E-state index in [-0.39, 0.29) is 46.6 Å². The summed E-state index contributed by atoms with van der Waals surface area (Å²) in [6.07, 6.45) is 3.15. The highest BCUT2D eigenvalue weighted by Crippen LogP contribution is 2.37. The van der Waals surface area contributed by atoms with Crippen LogP contribution in [0.25, 0.3) is 0 Å². The zero-order valence-electron chi connectivity index (χ0n) is 17.6. The lowest BCUT2D eigenvalue weighted by atomic mass is 9.77. The van der Waals surface area contributed by atoms with Gasteiger partial charge in [0.25, 0.3) is 5.91 Å². The Morgan fingerprint density at radius 1 is 1.09 bits per heavy atom. The quantitative estimate of drug-likeness (QED) is 0.562. The molecule has 2 heterocycles. The van der Waals surface area contributed by atoms with Gasteiger partial charge in [-0.3, -0.25) is 9.69 Å². The van der Waals surface area contributed by atoms with Crippen LogP contribution in [-0.2, 0) is 14.8 Å². The molecule has 1 aromatic rings. The number of benzene rings is 1. The molecule has 1 aliphatic carbocycles. The number of sulfonamides is 1. The summed E-state index contributed by atoms with van der Waals surface area (Å²) in [7, 11) is -3.88. The second-order valence-corrected chi connectivity index (χ2v) is 12.4. The molecule has 1 N–H and O–H groups in total. The minimum absolute atomic E-state index is 0.0539. The van der Waals surface area contributed by atoms with E-state index in [0.717, 1.165) is 12.8 Å². The third-order valence-electron chi connectivity index (χ3n) is 6.61. The van der Waals surface area contributed by atoms with Crippen LogP contribution < -0.4 is 5.32 Å². The van der Waals surface area contributed by atoms with E-state index in [1.807, 2.05) is 4.90 Å². The maximum absolute atomic E-state index is 13.1. The lowest BCUT2D eigenvalue weighted by Gasteiger charge is -2.36. The first-order chi connectivity index (χ1) is 15.0. The molecule has 2 aliphatic heterocycles. The number of carbonyl (C=O) groups is 2. The molecule has 1 saturated carbocycles. The summed E-state index contributed by atoms with van der Waals surface area (Å²) >= 11 is 15.6. The van der Waals surface area contributed by atoms with Crippen LogP contribution in [0, 0.1) is 5.92 Å². The summed E-state index contributed by atoms with van der Waals surface area (Å²) < 4.78 is 28.2. The maximum Gasteiger partial charge on any atom is 0.326 e. The highest BCUT2D eigenvalue weighted by atomic mass is 79.9. The van der Waals surface area contributed by atoms with Crippen LogP contribution in [0.5, 0.6) is 0 Å². The Kier molecular flexibility index (Phi) is 6.84. The molecule has 0 atom stereocenters. The van der Waals surface area contributed by atoms with E-state index in [2.05, 4.69) is 28.2 Å². The molecule has 0 radical (unpaired) electrons. The van der Waals surface area contributed by atoms with Gasteiger partial charge < -0.3 is 5.32 Å². The fourth-order valence-electron chi connectivity index (χ4n) is 4.61. The predicted octanol–water partition coefficient (Wildman–Crippen LogP) is 3.52. The SMILES string of the molecule is CC1CCC2(CC1)NC(=O)N(CN1CCN(S(=O)(=O)c3c(Cl)cc(Br)cc3Cl)CC1)C2=O. The van der Waals surface area contributed by atoms with Gasteiger partial charge in [0, 0.05) is 30.7 Å². The topological polar surface area (TPSA) is 90.0 Å². The second kappa shape index (κ2) is 9.03. The Balaban J connectivity index is 1.40. The Hall–Kier alpha value is -0.910. The fraction of sp³-hybridized carbons (Fsp3) is 0.600. The molecule has 12 heteroatoms. The summed E-state index contributed by atoms with van der Waals surface area (Å²) in [4.78, 5) is 28.7. The van der Waals surface area contributed by atoms with Gasteiger partial charge in [0.1, 0.15) is 10.4 Å². The first kappa shape index (κ1) is 24.2. The number of rotatable bonds is 4. The predicted molar refractivity (Wildman–Crippen MR) is 125 cm³/mol. The summed E-state index contributed by atoms with van der Waals surface area (Å²) in [6, 6.07) is 2.62. The summed E-state index contributed by atoms with van der Waals surface area (Å²) in [5, 5.41) is 3.03. The fourth-order valence-corrected chi connectivity index (χ4v) is 7.92. The van der Waals surface area contributed by atoms with Crippen molar-refractivity contribution in [2.75, 3.05) is 32.8 Å². The van der Waals surface area contributed by atoms with E-state index in [1.165, 1.54) is 21.3 Å². The molecule has 0 unspecified atom stereocenters. The van der Waals surface area contributed by atoms with Gasteiger partial charge >= 0.3 is 6.03 Å². The number of urea groups is 1. The van der Waals surface area contributed by atoms with Crippen molar-refractivity contribution in [3.05, 3.63) is 26.7 Å². The molecular formula is C20H25BrCl2N4O4S. The van der Waals surface area contributed by atoms with Crippen molar-refractivity contribution in [1.82, 2.24) is 19.4 Å². The average Bonchev–Trinajstić information content (AvgIpc) is 2.94. The minimum atomic E-state index is -3.88. The van der Waals surface area contributed by atoms with Gasteiger partial charge in [-0.1, -0.05) is 46.1 Å². The van der Waals surface area contributed by atoms with E-state index >= 15 is 0 Å². The molecule has 2 saturated heterocycles. The number of piperazine rings is 1. The van der Waals surface area contributed by atoms with Crippen molar-refractivity contribution in [2.24, 2.45) is 5.92 Å². The Labute approximate surface area is 206 Å². The summed E-state index contributed by atoms with van der Waals surface area (Å²) in [5.74, 6) is 0.389. The van der Waals surface area contributed by atoms with E-state index < -0.39 is 15.6 Å². The Bertz CT molecular complexity index is 1020. The molecule has 1 spiro atoms. The second-order valence-electron chi connectivity index (χ2n) is 8.79. The number of halogens is 3. The number of amides is 3. The molecule has 1 aromatic carbocycles. The molecular weight excluding hydrogens is 543 g/mol. The molecule has 0 bridgehead atoms. The van der Waals surface area contributed by atoms with Gasteiger partial charge in [-0.25, -0.2) is 18.1 Å². The van der Waals surface area contributed by atoms with Crippen LogP contribution in [0.2, 0.25) is 10.0 Å². The molecule has 32 heavy (non-hydrogen) atoms. The molecule has 3 fully saturated rings. The van der Waals surface area contributed by atoms with Crippen LogP contribution in [0.3, 0.4) is 0 Å². The molecule has 3 aliphatic rings. The molecule has 8 nitrogen and oxygen atoms in total. The van der Waals surface area contributed by atoms with Crippen LogP contribution in [0.15, 0.2) is 21.5 Å². The highest BCUT2D eigenvalue weighted by molar-refractivity contribution is 9.10. The van der Waals surface area contributed by atoms with Crippen LogP contribution >= 0.6 is 39.1 Å². The third-order valence-corrected chi connectivity index (χ3v) is 9.89.